The highest BCUT2D eigenvalue weighted by Crippen LogP contribution is 2.36. The summed E-state index contributed by atoms with van der Waals surface area (Å²) in [6.07, 6.45) is 1.19. The van der Waals surface area contributed by atoms with E-state index in [2.05, 4.69) is 4.90 Å². The first-order valence-corrected chi connectivity index (χ1v) is 8.49. The van der Waals surface area contributed by atoms with Gasteiger partial charge in [-0.2, -0.15) is 13.2 Å². The molecule has 1 heterocycles. The van der Waals surface area contributed by atoms with E-state index in [0.717, 1.165) is 19.6 Å². The van der Waals surface area contributed by atoms with Crippen LogP contribution in [0.4, 0.5) is 17.6 Å². The summed E-state index contributed by atoms with van der Waals surface area (Å²) in [6.45, 7) is 4.29. The zero-order valence-corrected chi connectivity index (χ0v) is 12.8. The fraction of sp³-hybridized carbons (Fsp3) is 0.571. The Labute approximate surface area is 126 Å². The van der Waals surface area contributed by atoms with Gasteiger partial charge in [0.15, 0.2) is 0 Å². The highest BCUT2D eigenvalue weighted by molar-refractivity contribution is 7.92. The molecule has 0 aliphatic carbocycles. The second kappa shape index (κ2) is 6.16. The number of benzene rings is 1. The molecule has 3 nitrogen and oxygen atoms in total. The van der Waals surface area contributed by atoms with Crippen molar-refractivity contribution in [3.05, 3.63) is 29.6 Å². The predicted octanol–water partition coefficient (Wildman–Crippen LogP) is 3.32. The number of rotatable bonds is 3. The Kier molecular flexibility index (Phi) is 4.81. The molecule has 0 unspecified atom stereocenters. The van der Waals surface area contributed by atoms with E-state index in [1.54, 1.807) is 0 Å². The van der Waals surface area contributed by atoms with Crippen LogP contribution in [0.15, 0.2) is 23.1 Å². The molecule has 124 valence electrons. The summed E-state index contributed by atoms with van der Waals surface area (Å²) in [6, 6.07) is 3.21. The third-order valence-electron chi connectivity index (χ3n) is 4.06. The van der Waals surface area contributed by atoms with Gasteiger partial charge in [-0.3, -0.25) is 0 Å². The van der Waals surface area contributed by atoms with E-state index in [4.69, 9.17) is 0 Å². The predicted molar refractivity (Wildman–Crippen MR) is 73.7 cm³/mol. The Morgan fingerprint density at radius 1 is 1.23 bits per heavy atom. The van der Waals surface area contributed by atoms with Crippen LogP contribution in [-0.4, -0.2) is 38.5 Å². The molecule has 1 saturated heterocycles. The van der Waals surface area contributed by atoms with Gasteiger partial charge < -0.3 is 4.90 Å². The summed E-state index contributed by atoms with van der Waals surface area (Å²) in [5.41, 5.74) is -5.45. The summed E-state index contributed by atoms with van der Waals surface area (Å²) in [5.74, 6) is -1.53. The second-order valence-electron chi connectivity index (χ2n) is 5.32. The molecule has 0 saturated carbocycles. The van der Waals surface area contributed by atoms with Gasteiger partial charge in [0, 0.05) is 0 Å². The van der Waals surface area contributed by atoms with Crippen LogP contribution < -0.4 is 0 Å². The fourth-order valence-electron chi connectivity index (χ4n) is 2.74. The van der Waals surface area contributed by atoms with Crippen molar-refractivity contribution in [1.29, 1.82) is 0 Å². The van der Waals surface area contributed by atoms with Gasteiger partial charge in [0.05, 0.1) is 0 Å². The van der Waals surface area contributed by atoms with Gasteiger partial charge in [-0.15, -0.1) is 0 Å². The van der Waals surface area contributed by atoms with Crippen LogP contribution in [0.3, 0.4) is 0 Å². The normalized spacial score (nSPS) is 18.6. The molecule has 2 rings (SSSR count). The lowest BCUT2D eigenvalue weighted by Gasteiger charge is -2.31. The lowest BCUT2D eigenvalue weighted by molar-refractivity contribution is -0.0437. The zero-order chi connectivity index (χ0) is 16.5. The largest absolute Gasteiger partial charge is 0.502 e. The maximum Gasteiger partial charge on any atom is 0.502 e. The Morgan fingerprint density at radius 3 is 2.32 bits per heavy atom. The Balaban J connectivity index is 2.36. The smallest absolute Gasteiger partial charge is 0.304 e. The van der Waals surface area contributed by atoms with Crippen molar-refractivity contribution < 1.29 is 26.0 Å². The van der Waals surface area contributed by atoms with E-state index in [1.165, 1.54) is 12.1 Å². The van der Waals surface area contributed by atoms with Crippen LogP contribution in [0, 0.1) is 5.82 Å². The highest BCUT2D eigenvalue weighted by atomic mass is 32.2. The van der Waals surface area contributed by atoms with Gasteiger partial charge in [0.25, 0.3) is 9.84 Å². The van der Waals surface area contributed by atoms with E-state index in [0.29, 0.717) is 18.9 Å². The van der Waals surface area contributed by atoms with Crippen molar-refractivity contribution in [2.75, 3.05) is 19.6 Å². The molecule has 0 amide bonds. The van der Waals surface area contributed by atoms with Gasteiger partial charge in [-0.1, -0.05) is 19.1 Å². The van der Waals surface area contributed by atoms with Crippen LogP contribution in [0.1, 0.15) is 31.2 Å². The van der Waals surface area contributed by atoms with E-state index in [1.807, 2.05) is 6.92 Å². The topological polar surface area (TPSA) is 37.4 Å². The van der Waals surface area contributed by atoms with E-state index in [-0.39, 0.29) is 11.5 Å². The number of alkyl halides is 3. The molecule has 0 N–H and O–H groups in total. The van der Waals surface area contributed by atoms with Crippen LogP contribution in [0.2, 0.25) is 0 Å². The Bertz CT molecular complexity index is 635. The first-order valence-electron chi connectivity index (χ1n) is 7.00. The fourth-order valence-corrected chi connectivity index (χ4v) is 3.60. The summed E-state index contributed by atoms with van der Waals surface area (Å²) >= 11 is 0. The lowest BCUT2D eigenvalue weighted by atomic mass is 9.89. The van der Waals surface area contributed by atoms with Crippen LogP contribution in [0.25, 0.3) is 0 Å². The molecular weight excluding hydrogens is 322 g/mol. The molecule has 0 aromatic heterocycles. The van der Waals surface area contributed by atoms with Crippen molar-refractivity contribution in [1.82, 2.24) is 4.90 Å². The molecule has 1 aromatic rings. The minimum absolute atomic E-state index is 0.0566. The molecule has 0 bridgehead atoms. The monoisotopic (exact) mass is 339 g/mol. The molecule has 8 heteroatoms. The van der Waals surface area contributed by atoms with Gasteiger partial charge in [-0.25, -0.2) is 12.8 Å². The van der Waals surface area contributed by atoms with Crippen molar-refractivity contribution >= 4 is 9.84 Å². The molecule has 1 aliphatic rings. The summed E-state index contributed by atoms with van der Waals surface area (Å²) in [4.78, 5) is 0.875. The summed E-state index contributed by atoms with van der Waals surface area (Å²) in [7, 11) is -5.67. The number of sulfone groups is 1. The average molecular weight is 339 g/mol. The third-order valence-corrected chi connectivity index (χ3v) is 5.57. The number of piperidine rings is 1. The Morgan fingerprint density at radius 2 is 1.82 bits per heavy atom. The zero-order valence-electron chi connectivity index (χ0n) is 12.0. The SMILES string of the molecule is CCN1CCC(c2cccc(S(=O)(=O)C(F)(F)F)c2F)CC1. The van der Waals surface area contributed by atoms with Gasteiger partial charge >= 0.3 is 5.51 Å². The second-order valence-corrected chi connectivity index (χ2v) is 7.23. The van der Waals surface area contributed by atoms with Crippen LogP contribution in [0.5, 0.6) is 0 Å². The average Bonchev–Trinajstić information content (AvgIpc) is 2.46. The van der Waals surface area contributed by atoms with E-state index < -0.39 is 26.1 Å². The quantitative estimate of drug-likeness (QED) is 0.793. The minimum Gasteiger partial charge on any atom is -0.304 e. The number of hydrogen-bond acceptors (Lipinski definition) is 3. The molecule has 0 atom stereocenters. The molecule has 22 heavy (non-hydrogen) atoms. The summed E-state index contributed by atoms with van der Waals surface area (Å²) < 4.78 is 75.1. The molecule has 0 radical (unpaired) electrons. The van der Waals surface area contributed by atoms with Crippen molar-refractivity contribution in [2.45, 2.75) is 36.1 Å². The highest BCUT2D eigenvalue weighted by Gasteiger charge is 2.48. The number of halogens is 4. The van der Waals surface area contributed by atoms with Crippen molar-refractivity contribution in [2.24, 2.45) is 0 Å². The lowest BCUT2D eigenvalue weighted by Crippen LogP contribution is -2.33. The number of likely N-dealkylation sites (tertiary alicyclic amines) is 1. The minimum atomic E-state index is -5.67. The number of nitrogens with zero attached hydrogens (tertiary/aromatic N) is 1. The molecule has 1 aromatic carbocycles. The molecule has 0 spiro atoms. The van der Waals surface area contributed by atoms with Crippen LogP contribution in [-0.2, 0) is 9.84 Å². The first kappa shape index (κ1) is 17.2. The van der Waals surface area contributed by atoms with Gasteiger partial charge in [0.1, 0.15) is 10.7 Å². The van der Waals surface area contributed by atoms with E-state index >= 15 is 0 Å². The first-order chi connectivity index (χ1) is 10.2. The van der Waals surface area contributed by atoms with Crippen LogP contribution >= 0.6 is 0 Å². The standard InChI is InChI=1S/C14H17F4NO2S/c1-2-19-8-6-10(7-9-19)11-4-3-5-12(13(11)15)22(20,21)14(16,17)18/h3-5,10H,2,6-9H2,1H3. The van der Waals surface area contributed by atoms with Crippen molar-refractivity contribution in [3.63, 3.8) is 0 Å². The van der Waals surface area contributed by atoms with Crippen molar-refractivity contribution in [3.8, 4) is 0 Å². The number of hydrogen-bond donors (Lipinski definition) is 0. The van der Waals surface area contributed by atoms with Gasteiger partial charge in [0.2, 0.25) is 0 Å². The third kappa shape index (κ3) is 3.12. The molecule has 1 aliphatic heterocycles. The van der Waals surface area contributed by atoms with Gasteiger partial charge in [-0.05, 0) is 50.0 Å². The Hall–Kier alpha value is -1.15. The maximum atomic E-state index is 14.4. The van der Waals surface area contributed by atoms with E-state index in [9.17, 15) is 26.0 Å². The molecular formula is C14H17F4NO2S. The molecule has 1 fully saturated rings. The summed E-state index contributed by atoms with van der Waals surface area (Å²) in [5, 5.41) is 0. The maximum absolute atomic E-state index is 14.4.